The fourth-order valence-electron chi connectivity index (χ4n) is 1.53. The molecular formula is C13H21F3IN5. The molecule has 0 spiro atoms. The summed E-state index contributed by atoms with van der Waals surface area (Å²) in [5.41, 5.74) is 4.85. The van der Waals surface area contributed by atoms with Gasteiger partial charge in [0.05, 0.1) is 12.1 Å². The number of halogens is 4. The van der Waals surface area contributed by atoms with Gasteiger partial charge in [0.2, 0.25) is 0 Å². The molecule has 0 aromatic carbocycles. The molecule has 0 fully saturated rings. The standard InChI is InChI=1S/C13H20F3N5.HI/c1-3-9(2)21-12(17)20-8-7-19-11-10(13(14,15)16)5-4-6-18-11;/h4-6,9H,3,7-8H2,1-2H3,(H,18,19)(H3,17,20,21);1H. The molecule has 1 aromatic heterocycles. The summed E-state index contributed by atoms with van der Waals surface area (Å²) in [7, 11) is 0. The maximum absolute atomic E-state index is 12.7. The van der Waals surface area contributed by atoms with Gasteiger partial charge in [-0.05, 0) is 25.5 Å². The van der Waals surface area contributed by atoms with Crippen molar-refractivity contribution in [3.8, 4) is 0 Å². The van der Waals surface area contributed by atoms with Crippen LogP contribution in [-0.4, -0.2) is 30.1 Å². The van der Waals surface area contributed by atoms with Gasteiger partial charge in [0.15, 0.2) is 5.96 Å². The lowest BCUT2D eigenvalue weighted by Crippen LogP contribution is -2.38. The van der Waals surface area contributed by atoms with E-state index in [4.69, 9.17) is 5.73 Å². The number of hydrogen-bond donors (Lipinski definition) is 3. The average Bonchev–Trinajstić information content (AvgIpc) is 2.42. The lowest BCUT2D eigenvalue weighted by molar-refractivity contribution is -0.137. The topological polar surface area (TPSA) is 75.3 Å². The van der Waals surface area contributed by atoms with Crippen LogP contribution in [0, 0.1) is 0 Å². The minimum absolute atomic E-state index is 0. The number of nitrogens with zero attached hydrogens (tertiary/aromatic N) is 2. The van der Waals surface area contributed by atoms with Crippen LogP contribution in [0.4, 0.5) is 19.0 Å². The molecule has 1 unspecified atom stereocenters. The fraction of sp³-hybridized carbons (Fsp3) is 0.538. The molecule has 0 aliphatic carbocycles. The Morgan fingerprint density at radius 2 is 2.14 bits per heavy atom. The van der Waals surface area contributed by atoms with Crippen molar-refractivity contribution in [2.75, 3.05) is 18.4 Å². The molecule has 9 heteroatoms. The molecule has 0 amide bonds. The van der Waals surface area contributed by atoms with E-state index in [0.717, 1.165) is 12.5 Å². The smallest absolute Gasteiger partial charge is 0.370 e. The number of rotatable bonds is 6. The van der Waals surface area contributed by atoms with E-state index in [1.54, 1.807) is 0 Å². The Labute approximate surface area is 145 Å². The highest BCUT2D eigenvalue weighted by Crippen LogP contribution is 2.33. The first-order valence-corrected chi connectivity index (χ1v) is 6.67. The van der Waals surface area contributed by atoms with Crippen LogP contribution in [-0.2, 0) is 6.18 Å². The number of hydrogen-bond acceptors (Lipinski definition) is 3. The van der Waals surface area contributed by atoms with Crippen LogP contribution in [0.15, 0.2) is 23.3 Å². The van der Waals surface area contributed by atoms with Gasteiger partial charge < -0.3 is 16.4 Å². The van der Waals surface area contributed by atoms with Gasteiger partial charge in [0, 0.05) is 18.8 Å². The Balaban J connectivity index is 0.00000441. The van der Waals surface area contributed by atoms with Crippen LogP contribution in [0.5, 0.6) is 0 Å². The van der Waals surface area contributed by atoms with Gasteiger partial charge in [-0.2, -0.15) is 13.2 Å². The van der Waals surface area contributed by atoms with Crippen molar-refractivity contribution in [2.24, 2.45) is 10.7 Å². The van der Waals surface area contributed by atoms with E-state index in [2.05, 4.69) is 20.6 Å². The summed E-state index contributed by atoms with van der Waals surface area (Å²) in [6.07, 6.45) is -2.23. The molecule has 1 rings (SSSR count). The van der Waals surface area contributed by atoms with Crippen molar-refractivity contribution in [3.63, 3.8) is 0 Å². The van der Waals surface area contributed by atoms with Gasteiger partial charge >= 0.3 is 6.18 Å². The summed E-state index contributed by atoms with van der Waals surface area (Å²) in [5, 5.41) is 5.59. The summed E-state index contributed by atoms with van der Waals surface area (Å²) in [6.45, 7) is 4.43. The highest BCUT2D eigenvalue weighted by atomic mass is 127. The van der Waals surface area contributed by atoms with Crippen LogP contribution in [0.1, 0.15) is 25.8 Å². The zero-order valence-corrected chi connectivity index (χ0v) is 14.8. The number of guanidine groups is 1. The predicted octanol–water partition coefficient (Wildman–Crippen LogP) is 2.83. The van der Waals surface area contributed by atoms with E-state index in [9.17, 15) is 13.2 Å². The van der Waals surface area contributed by atoms with Crippen LogP contribution in [0.25, 0.3) is 0 Å². The summed E-state index contributed by atoms with van der Waals surface area (Å²) < 4.78 is 38.2. The molecular weight excluding hydrogens is 410 g/mol. The number of nitrogens with two attached hydrogens (primary N) is 1. The second-order valence-corrected chi connectivity index (χ2v) is 4.54. The quantitative estimate of drug-likeness (QED) is 0.280. The van der Waals surface area contributed by atoms with Crippen LogP contribution < -0.4 is 16.4 Å². The molecule has 1 atom stereocenters. The Kier molecular flexibility index (Phi) is 9.14. The van der Waals surface area contributed by atoms with Crippen molar-refractivity contribution in [1.29, 1.82) is 0 Å². The highest BCUT2D eigenvalue weighted by molar-refractivity contribution is 14.0. The van der Waals surface area contributed by atoms with Crippen molar-refractivity contribution in [1.82, 2.24) is 10.3 Å². The largest absolute Gasteiger partial charge is 0.419 e. The number of anilines is 1. The van der Waals surface area contributed by atoms with E-state index in [0.29, 0.717) is 0 Å². The third kappa shape index (κ3) is 7.14. The van der Waals surface area contributed by atoms with Crippen LogP contribution in [0.3, 0.4) is 0 Å². The fourth-order valence-corrected chi connectivity index (χ4v) is 1.53. The van der Waals surface area contributed by atoms with E-state index in [1.807, 2.05) is 13.8 Å². The summed E-state index contributed by atoms with van der Waals surface area (Å²) in [4.78, 5) is 7.73. The molecule has 0 radical (unpaired) electrons. The third-order valence-electron chi connectivity index (χ3n) is 2.81. The lowest BCUT2D eigenvalue weighted by Gasteiger charge is -2.13. The van der Waals surface area contributed by atoms with E-state index in [1.165, 1.54) is 12.3 Å². The monoisotopic (exact) mass is 431 g/mol. The minimum atomic E-state index is -4.43. The van der Waals surface area contributed by atoms with Gasteiger partial charge in [-0.15, -0.1) is 24.0 Å². The molecule has 0 saturated carbocycles. The zero-order valence-electron chi connectivity index (χ0n) is 12.4. The molecule has 22 heavy (non-hydrogen) atoms. The molecule has 5 nitrogen and oxygen atoms in total. The molecule has 1 aromatic rings. The predicted molar refractivity (Wildman–Crippen MR) is 92.5 cm³/mol. The number of alkyl halides is 3. The molecule has 126 valence electrons. The van der Waals surface area contributed by atoms with Crippen molar-refractivity contribution < 1.29 is 13.2 Å². The zero-order chi connectivity index (χ0) is 15.9. The first-order chi connectivity index (χ1) is 9.84. The Hall–Kier alpha value is -1.26. The van der Waals surface area contributed by atoms with Crippen molar-refractivity contribution in [3.05, 3.63) is 23.9 Å². The normalized spacial score (nSPS) is 13.2. The first kappa shape index (κ1) is 20.7. The molecule has 4 N–H and O–H groups in total. The van der Waals surface area contributed by atoms with Crippen molar-refractivity contribution >= 4 is 35.8 Å². The summed E-state index contributed by atoms with van der Waals surface area (Å²) in [5.74, 6) is 0.0804. The van der Waals surface area contributed by atoms with Gasteiger partial charge in [0.25, 0.3) is 0 Å². The first-order valence-electron chi connectivity index (χ1n) is 6.67. The maximum Gasteiger partial charge on any atom is 0.419 e. The second kappa shape index (κ2) is 9.70. The maximum atomic E-state index is 12.7. The van der Waals surface area contributed by atoms with E-state index >= 15 is 0 Å². The van der Waals surface area contributed by atoms with Gasteiger partial charge in [-0.25, -0.2) is 4.98 Å². The van der Waals surface area contributed by atoms with Crippen LogP contribution >= 0.6 is 24.0 Å². The highest BCUT2D eigenvalue weighted by Gasteiger charge is 2.33. The van der Waals surface area contributed by atoms with Gasteiger partial charge in [0.1, 0.15) is 5.82 Å². The SMILES string of the molecule is CCC(C)NC(N)=NCCNc1ncccc1C(F)(F)F.I. The van der Waals surface area contributed by atoms with Crippen LogP contribution in [0.2, 0.25) is 0 Å². The Bertz CT molecular complexity index is 479. The number of pyridine rings is 1. The van der Waals surface area contributed by atoms with Crippen molar-refractivity contribution in [2.45, 2.75) is 32.5 Å². The van der Waals surface area contributed by atoms with Gasteiger partial charge in [-0.3, -0.25) is 4.99 Å². The second-order valence-electron chi connectivity index (χ2n) is 4.54. The Morgan fingerprint density at radius 3 is 2.73 bits per heavy atom. The number of aromatic nitrogens is 1. The number of nitrogens with one attached hydrogen (secondary N) is 2. The molecule has 0 aliphatic rings. The number of aliphatic imine (C=N–C) groups is 1. The Morgan fingerprint density at radius 1 is 1.45 bits per heavy atom. The van der Waals surface area contributed by atoms with E-state index < -0.39 is 11.7 Å². The molecule has 0 aliphatic heterocycles. The molecule has 1 heterocycles. The molecule has 0 saturated heterocycles. The summed E-state index contributed by atoms with van der Waals surface area (Å²) >= 11 is 0. The van der Waals surface area contributed by atoms with Gasteiger partial charge in [-0.1, -0.05) is 6.92 Å². The average molecular weight is 431 g/mol. The summed E-state index contributed by atoms with van der Waals surface area (Å²) in [6, 6.07) is 2.44. The molecule has 0 bridgehead atoms. The minimum Gasteiger partial charge on any atom is -0.370 e. The third-order valence-corrected chi connectivity index (χ3v) is 2.81. The van der Waals surface area contributed by atoms with E-state index in [-0.39, 0.29) is 54.9 Å². The lowest BCUT2D eigenvalue weighted by atomic mass is 10.2.